The maximum absolute atomic E-state index is 12.4. The van der Waals surface area contributed by atoms with E-state index in [-0.39, 0.29) is 24.5 Å². The van der Waals surface area contributed by atoms with Gasteiger partial charge >= 0.3 is 5.63 Å². The largest absolute Gasteiger partial charge is 0.497 e. The lowest BCUT2D eigenvalue weighted by molar-refractivity contribution is -0.124. The van der Waals surface area contributed by atoms with Crippen molar-refractivity contribution in [3.63, 3.8) is 0 Å². The minimum Gasteiger partial charge on any atom is -0.497 e. The standard InChI is InChI=1S/C22H23NO5/c1-14(2)22(16-5-8-17(26-3)9-6-16)23-20(24)13-27-18-10-4-15-7-11-21(25)28-19(15)12-18/h4-12,14,22H,13H2,1-3H3,(H,23,24). The van der Waals surface area contributed by atoms with Crippen molar-refractivity contribution in [1.82, 2.24) is 5.32 Å². The molecule has 0 aliphatic carbocycles. The first-order chi connectivity index (χ1) is 13.5. The van der Waals surface area contributed by atoms with Gasteiger partial charge in [-0.2, -0.15) is 0 Å². The molecule has 1 N–H and O–H groups in total. The van der Waals surface area contributed by atoms with Crippen LogP contribution in [0.4, 0.5) is 0 Å². The average molecular weight is 381 g/mol. The molecule has 28 heavy (non-hydrogen) atoms. The molecular weight excluding hydrogens is 358 g/mol. The number of carbonyl (C=O) groups is 1. The van der Waals surface area contributed by atoms with E-state index >= 15 is 0 Å². The topological polar surface area (TPSA) is 77.8 Å². The van der Waals surface area contributed by atoms with E-state index in [0.717, 1.165) is 16.7 Å². The molecule has 3 rings (SSSR count). The predicted molar refractivity (Wildman–Crippen MR) is 107 cm³/mol. The van der Waals surface area contributed by atoms with E-state index in [4.69, 9.17) is 13.9 Å². The van der Waals surface area contributed by atoms with E-state index < -0.39 is 5.63 Å². The van der Waals surface area contributed by atoms with Gasteiger partial charge < -0.3 is 19.2 Å². The zero-order chi connectivity index (χ0) is 20.1. The maximum atomic E-state index is 12.4. The SMILES string of the molecule is COc1ccc(C(NC(=O)COc2ccc3ccc(=O)oc3c2)C(C)C)cc1. The van der Waals surface area contributed by atoms with Crippen molar-refractivity contribution in [3.05, 3.63) is 70.6 Å². The Bertz CT molecular complexity index is 1010. The fourth-order valence-corrected chi connectivity index (χ4v) is 2.94. The normalized spacial score (nSPS) is 12.0. The van der Waals surface area contributed by atoms with Crippen molar-refractivity contribution in [2.24, 2.45) is 5.92 Å². The second kappa shape index (κ2) is 8.61. The highest BCUT2D eigenvalue weighted by molar-refractivity contribution is 5.79. The Morgan fingerprint density at radius 2 is 1.71 bits per heavy atom. The van der Waals surface area contributed by atoms with E-state index in [9.17, 15) is 9.59 Å². The quantitative estimate of drug-likeness (QED) is 0.632. The van der Waals surface area contributed by atoms with Crippen LogP contribution in [0, 0.1) is 5.92 Å². The van der Waals surface area contributed by atoms with Crippen molar-refractivity contribution in [1.29, 1.82) is 0 Å². The zero-order valence-corrected chi connectivity index (χ0v) is 16.1. The number of ether oxygens (including phenoxy) is 2. The number of fused-ring (bicyclic) bond motifs is 1. The van der Waals surface area contributed by atoms with E-state index in [1.165, 1.54) is 6.07 Å². The summed E-state index contributed by atoms with van der Waals surface area (Å²) >= 11 is 0. The van der Waals surface area contributed by atoms with Crippen LogP contribution >= 0.6 is 0 Å². The molecule has 6 nitrogen and oxygen atoms in total. The molecule has 3 aromatic rings. The second-order valence-electron chi connectivity index (χ2n) is 6.81. The molecule has 0 fully saturated rings. The van der Waals surface area contributed by atoms with Crippen molar-refractivity contribution in [3.8, 4) is 11.5 Å². The number of amides is 1. The second-order valence-corrected chi connectivity index (χ2v) is 6.81. The van der Waals surface area contributed by atoms with Crippen LogP contribution in [-0.2, 0) is 4.79 Å². The van der Waals surface area contributed by atoms with Gasteiger partial charge in [0.2, 0.25) is 0 Å². The highest BCUT2D eigenvalue weighted by Crippen LogP contribution is 2.24. The molecular formula is C22H23NO5. The minimum absolute atomic E-state index is 0.137. The third-order valence-electron chi connectivity index (χ3n) is 4.42. The number of hydrogen-bond donors (Lipinski definition) is 1. The molecule has 2 aromatic carbocycles. The van der Waals surface area contributed by atoms with Crippen LogP contribution in [0.1, 0.15) is 25.5 Å². The fraction of sp³-hybridized carbons (Fsp3) is 0.273. The Balaban J connectivity index is 1.65. The monoisotopic (exact) mass is 381 g/mol. The minimum atomic E-state index is -0.429. The van der Waals surface area contributed by atoms with Crippen LogP contribution in [-0.4, -0.2) is 19.6 Å². The van der Waals surface area contributed by atoms with E-state index in [1.807, 2.05) is 38.1 Å². The third-order valence-corrected chi connectivity index (χ3v) is 4.42. The predicted octanol–water partition coefficient (Wildman–Crippen LogP) is 3.69. The van der Waals surface area contributed by atoms with Crippen LogP contribution < -0.4 is 20.4 Å². The molecule has 0 aliphatic rings. The molecule has 1 amide bonds. The van der Waals surface area contributed by atoms with E-state index in [1.54, 1.807) is 31.4 Å². The van der Waals surface area contributed by atoms with Crippen molar-refractivity contribution >= 4 is 16.9 Å². The number of rotatable bonds is 7. The van der Waals surface area contributed by atoms with Crippen molar-refractivity contribution in [2.75, 3.05) is 13.7 Å². The van der Waals surface area contributed by atoms with Crippen LogP contribution in [0.5, 0.6) is 11.5 Å². The molecule has 0 spiro atoms. The number of hydrogen-bond acceptors (Lipinski definition) is 5. The molecule has 0 bridgehead atoms. The molecule has 1 heterocycles. The first-order valence-corrected chi connectivity index (χ1v) is 9.06. The Kier molecular flexibility index (Phi) is 5.99. The summed E-state index contributed by atoms with van der Waals surface area (Å²) in [6.45, 7) is 3.95. The Labute approximate surface area is 163 Å². The molecule has 1 aromatic heterocycles. The lowest BCUT2D eigenvalue weighted by Crippen LogP contribution is -2.35. The summed E-state index contributed by atoms with van der Waals surface area (Å²) in [7, 11) is 1.62. The Morgan fingerprint density at radius 3 is 2.39 bits per heavy atom. The number of nitrogens with one attached hydrogen (secondary N) is 1. The summed E-state index contributed by atoms with van der Waals surface area (Å²) in [6.07, 6.45) is 0. The Morgan fingerprint density at radius 1 is 1.04 bits per heavy atom. The van der Waals surface area contributed by atoms with Crippen molar-refractivity contribution in [2.45, 2.75) is 19.9 Å². The molecule has 0 saturated heterocycles. The third kappa shape index (κ3) is 4.71. The highest BCUT2D eigenvalue weighted by atomic mass is 16.5. The number of benzene rings is 2. The maximum Gasteiger partial charge on any atom is 0.336 e. The van der Waals surface area contributed by atoms with Gasteiger partial charge in [-0.1, -0.05) is 26.0 Å². The average Bonchev–Trinajstić information content (AvgIpc) is 2.70. The van der Waals surface area contributed by atoms with Crippen LogP contribution in [0.2, 0.25) is 0 Å². The molecule has 0 aliphatic heterocycles. The van der Waals surface area contributed by atoms with Gasteiger partial charge in [-0.25, -0.2) is 4.79 Å². The van der Waals surface area contributed by atoms with Crippen LogP contribution in [0.3, 0.4) is 0 Å². The summed E-state index contributed by atoms with van der Waals surface area (Å²) in [5.74, 6) is 1.20. The summed E-state index contributed by atoms with van der Waals surface area (Å²) in [5, 5.41) is 3.80. The van der Waals surface area contributed by atoms with E-state index in [2.05, 4.69) is 5.32 Å². The van der Waals surface area contributed by atoms with Gasteiger partial charge in [0.25, 0.3) is 5.91 Å². The van der Waals surface area contributed by atoms with Gasteiger partial charge in [0.05, 0.1) is 13.2 Å². The first kappa shape index (κ1) is 19.5. The Hall–Kier alpha value is -3.28. The smallest absolute Gasteiger partial charge is 0.336 e. The van der Waals surface area contributed by atoms with Gasteiger partial charge in [0, 0.05) is 17.5 Å². The first-order valence-electron chi connectivity index (χ1n) is 9.06. The van der Waals surface area contributed by atoms with Crippen molar-refractivity contribution < 1.29 is 18.7 Å². The zero-order valence-electron chi connectivity index (χ0n) is 16.1. The van der Waals surface area contributed by atoms with E-state index in [0.29, 0.717) is 11.3 Å². The molecule has 1 atom stereocenters. The summed E-state index contributed by atoms with van der Waals surface area (Å²) in [6, 6.07) is 15.6. The van der Waals surface area contributed by atoms with Crippen LogP contribution in [0.25, 0.3) is 11.0 Å². The van der Waals surface area contributed by atoms with Crippen LogP contribution in [0.15, 0.2) is 63.8 Å². The lowest BCUT2D eigenvalue weighted by Gasteiger charge is -2.23. The summed E-state index contributed by atoms with van der Waals surface area (Å²) < 4.78 is 15.9. The van der Waals surface area contributed by atoms with Gasteiger partial charge in [-0.3, -0.25) is 4.79 Å². The van der Waals surface area contributed by atoms with Gasteiger partial charge in [-0.05, 0) is 41.8 Å². The fourth-order valence-electron chi connectivity index (χ4n) is 2.94. The molecule has 0 radical (unpaired) electrons. The summed E-state index contributed by atoms with van der Waals surface area (Å²) in [4.78, 5) is 23.8. The molecule has 6 heteroatoms. The summed E-state index contributed by atoms with van der Waals surface area (Å²) in [5.41, 5.74) is 0.988. The lowest BCUT2D eigenvalue weighted by atomic mass is 9.96. The van der Waals surface area contributed by atoms with Gasteiger partial charge in [-0.15, -0.1) is 0 Å². The van der Waals surface area contributed by atoms with Gasteiger partial charge in [0.15, 0.2) is 6.61 Å². The number of methoxy groups -OCH3 is 1. The molecule has 146 valence electrons. The molecule has 0 saturated carbocycles. The number of carbonyl (C=O) groups excluding carboxylic acids is 1. The highest BCUT2D eigenvalue weighted by Gasteiger charge is 2.18. The van der Waals surface area contributed by atoms with Gasteiger partial charge in [0.1, 0.15) is 17.1 Å². The molecule has 1 unspecified atom stereocenters.